The Morgan fingerprint density at radius 1 is 1.11 bits per heavy atom. The molecular formula is C19H25N3O5. The van der Waals surface area contributed by atoms with Gasteiger partial charge in [-0.1, -0.05) is 0 Å². The Hall–Kier alpha value is -3.08. The van der Waals surface area contributed by atoms with Crippen molar-refractivity contribution in [1.29, 1.82) is 5.26 Å². The highest BCUT2D eigenvalue weighted by Gasteiger charge is 2.21. The summed E-state index contributed by atoms with van der Waals surface area (Å²) in [5.74, 6) is -0.933. The van der Waals surface area contributed by atoms with Crippen LogP contribution in [0, 0.1) is 11.3 Å². The van der Waals surface area contributed by atoms with Gasteiger partial charge in [-0.3, -0.25) is 9.59 Å². The molecule has 0 saturated heterocycles. The van der Waals surface area contributed by atoms with Gasteiger partial charge in [-0.2, -0.15) is 5.26 Å². The van der Waals surface area contributed by atoms with Gasteiger partial charge >= 0.3 is 5.97 Å². The number of carbonyl (C=O) groups excluding carboxylic acids is 3. The third-order valence-corrected chi connectivity index (χ3v) is 3.88. The Bertz CT molecular complexity index is 692. The first-order valence-corrected chi connectivity index (χ1v) is 8.67. The van der Waals surface area contributed by atoms with Crippen molar-refractivity contribution in [2.24, 2.45) is 0 Å². The molecule has 0 heterocycles. The Labute approximate surface area is 159 Å². The first-order valence-electron chi connectivity index (χ1n) is 8.67. The molecule has 1 aromatic rings. The second-order valence-corrected chi connectivity index (χ2v) is 5.82. The highest BCUT2D eigenvalue weighted by molar-refractivity contribution is 5.86. The Morgan fingerprint density at radius 3 is 2.22 bits per heavy atom. The third kappa shape index (κ3) is 6.98. The summed E-state index contributed by atoms with van der Waals surface area (Å²) in [6, 6.07) is 8.26. The van der Waals surface area contributed by atoms with Crippen molar-refractivity contribution in [1.82, 2.24) is 9.80 Å². The van der Waals surface area contributed by atoms with Crippen molar-refractivity contribution >= 4 is 17.8 Å². The molecule has 0 bridgehead atoms. The predicted octanol–water partition coefficient (Wildman–Crippen LogP) is 1.20. The van der Waals surface area contributed by atoms with Crippen molar-refractivity contribution in [3.05, 3.63) is 29.8 Å². The number of hydrogen-bond donors (Lipinski definition) is 0. The van der Waals surface area contributed by atoms with E-state index in [-0.39, 0.29) is 12.5 Å². The van der Waals surface area contributed by atoms with Crippen LogP contribution in [0.3, 0.4) is 0 Å². The molecule has 0 aliphatic rings. The molecule has 1 atom stereocenters. The van der Waals surface area contributed by atoms with Crippen LogP contribution in [-0.4, -0.2) is 67.0 Å². The lowest BCUT2D eigenvalue weighted by atomic mass is 10.2. The quantitative estimate of drug-likeness (QED) is 0.601. The van der Waals surface area contributed by atoms with Gasteiger partial charge in [0.2, 0.25) is 5.91 Å². The molecule has 0 aliphatic heterocycles. The van der Waals surface area contributed by atoms with Crippen LogP contribution in [0.2, 0.25) is 0 Å². The van der Waals surface area contributed by atoms with E-state index in [9.17, 15) is 14.4 Å². The van der Waals surface area contributed by atoms with Crippen LogP contribution in [0.25, 0.3) is 0 Å². The molecule has 0 spiro atoms. The van der Waals surface area contributed by atoms with Gasteiger partial charge in [0, 0.05) is 20.1 Å². The largest absolute Gasteiger partial charge is 0.479 e. The maximum atomic E-state index is 12.0. The van der Waals surface area contributed by atoms with Crippen molar-refractivity contribution in [3.8, 4) is 11.8 Å². The van der Waals surface area contributed by atoms with Gasteiger partial charge < -0.3 is 19.3 Å². The van der Waals surface area contributed by atoms with Gasteiger partial charge in [0.05, 0.1) is 18.2 Å². The van der Waals surface area contributed by atoms with Gasteiger partial charge in [0.15, 0.2) is 12.7 Å². The number of nitrogens with zero attached hydrogens (tertiary/aromatic N) is 3. The topological polar surface area (TPSA) is 99.9 Å². The minimum absolute atomic E-state index is 0.0740. The van der Waals surface area contributed by atoms with Gasteiger partial charge in [0.1, 0.15) is 5.75 Å². The normalized spacial score (nSPS) is 11.1. The SMILES string of the molecule is CCN(CC)C(=O)CN(C)C(=O)COC(=O)[C@@H](C)Oc1ccc(C#N)cc1. The molecule has 0 saturated carbocycles. The first kappa shape index (κ1) is 22.0. The molecule has 0 radical (unpaired) electrons. The summed E-state index contributed by atoms with van der Waals surface area (Å²) in [5, 5.41) is 8.75. The third-order valence-electron chi connectivity index (χ3n) is 3.88. The average Bonchev–Trinajstić information content (AvgIpc) is 2.67. The van der Waals surface area contributed by atoms with Crippen LogP contribution in [0.4, 0.5) is 0 Å². The molecule has 0 N–H and O–H groups in total. The second kappa shape index (κ2) is 10.8. The van der Waals surface area contributed by atoms with Crippen molar-refractivity contribution < 1.29 is 23.9 Å². The average molecular weight is 375 g/mol. The molecule has 1 rings (SSSR count). The summed E-state index contributed by atoms with van der Waals surface area (Å²) in [5.41, 5.74) is 0.477. The summed E-state index contributed by atoms with van der Waals surface area (Å²) in [6.45, 7) is 5.81. The number of hydrogen-bond acceptors (Lipinski definition) is 6. The maximum absolute atomic E-state index is 12.0. The van der Waals surface area contributed by atoms with Crippen LogP contribution < -0.4 is 4.74 Å². The summed E-state index contributed by atoms with van der Waals surface area (Å²) < 4.78 is 10.4. The van der Waals surface area contributed by atoms with E-state index >= 15 is 0 Å². The van der Waals surface area contributed by atoms with Gasteiger partial charge in [0.25, 0.3) is 5.91 Å². The van der Waals surface area contributed by atoms with E-state index in [1.54, 1.807) is 29.2 Å². The molecule has 0 aromatic heterocycles. The Balaban J connectivity index is 2.46. The smallest absolute Gasteiger partial charge is 0.347 e. The van der Waals surface area contributed by atoms with Crippen LogP contribution in [0.1, 0.15) is 26.3 Å². The van der Waals surface area contributed by atoms with Gasteiger partial charge in [-0.05, 0) is 45.0 Å². The molecule has 8 nitrogen and oxygen atoms in total. The fourth-order valence-electron chi connectivity index (χ4n) is 2.19. The molecule has 27 heavy (non-hydrogen) atoms. The monoisotopic (exact) mass is 375 g/mol. The number of carbonyl (C=O) groups is 3. The standard InChI is InChI=1S/C19H25N3O5/c1-5-22(6-2)17(23)12-21(4)18(24)13-26-19(25)14(3)27-16-9-7-15(11-20)8-10-16/h7-10,14H,5-6,12-13H2,1-4H3/t14-/m1/s1. The highest BCUT2D eigenvalue weighted by Crippen LogP contribution is 2.14. The number of esters is 1. The minimum Gasteiger partial charge on any atom is -0.479 e. The van der Waals surface area contributed by atoms with Crippen LogP contribution in [0.5, 0.6) is 5.75 Å². The van der Waals surface area contributed by atoms with Crippen molar-refractivity contribution in [2.75, 3.05) is 33.3 Å². The fraction of sp³-hybridized carbons (Fsp3) is 0.474. The number of nitriles is 1. The summed E-state index contributed by atoms with van der Waals surface area (Å²) in [4.78, 5) is 38.9. The molecule has 0 fully saturated rings. The van der Waals surface area contributed by atoms with Gasteiger partial charge in [-0.15, -0.1) is 0 Å². The number of rotatable bonds is 9. The van der Waals surface area contributed by atoms with E-state index in [0.717, 1.165) is 0 Å². The molecule has 0 aliphatic carbocycles. The van der Waals surface area contributed by atoms with Crippen LogP contribution >= 0.6 is 0 Å². The van der Waals surface area contributed by atoms with E-state index < -0.39 is 24.6 Å². The summed E-state index contributed by atoms with van der Waals surface area (Å²) in [6.07, 6.45) is -0.923. The highest BCUT2D eigenvalue weighted by atomic mass is 16.6. The maximum Gasteiger partial charge on any atom is 0.347 e. The lowest BCUT2D eigenvalue weighted by Gasteiger charge is -2.23. The molecule has 0 unspecified atom stereocenters. The molecule has 2 amide bonds. The molecule has 146 valence electrons. The Kier molecular flexibility index (Phi) is 8.79. The number of benzene rings is 1. The predicted molar refractivity (Wildman–Crippen MR) is 97.8 cm³/mol. The van der Waals surface area contributed by atoms with Crippen molar-refractivity contribution in [3.63, 3.8) is 0 Å². The number of likely N-dealkylation sites (N-methyl/N-ethyl adjacent to an activating group) is 2. The lowest BCUT2D eigenvalue weighted by Crippen LogP contribution is -2.42. The summed E-state index contributed by atoms with van der Waals surface area (Å²) >= 11 is 0. The second-order valence-electron chi connectivity index (χ2n) is 5.82. The van der Waals surface area contributed by atoms with E-state index in [4.69, 9.17) is 14.7 Å². The number of ether oxygens (including phenoxy) is 2. The van der Waals surface area contributed by atoms with Crippen LogP contribution in [0.15, 0.2) is 24.3 Å². The van der Waals surface area contributed by atoms with E-state index in [0.29, 0.717) is 24.4 Å². The van der Waals surface area contributed by atoms with Crippen LogP contribution in [-0.2, 0) is 19.1 Å². The fourth-order valence-corrected chi connectivity index (χ4v) is 2.19. The first-order chi connectivity index (χ1) is 12.8. The van der Waals surface area contributed by atoms with Crippen molar-refractivity contribution in [2.45, 2.75) is 26.9 Å². The number of amides is 2. The zero-order valence-corrected chi connectivity index (χ0v) is 16.1. The summed E-state index contributed by atoms with van der Waals surface area (Å²) in [7, 11) is 1.48. The zero-order valence-electron chi connectivity index (χ0n) is 16.1. The Morgan fingerprint density at radius 2 is 1.70 bits per heavy atom. The minimum atomic E-state index is -0.923. The molecule has 8 heteroatoms. The van der Waals surface area contributed by atoms with Gasteiger partial charge in [-0.25, -0.2) is 4.79 Å². The van der Waals surface area contributed by atoms with E-state index in [1.165, 1.54) is 18.9 Å². The van der Waals surface area contributed by atoms with E-state index in [1.807, 2.05) is 19.9 Å². The molecular weight excluding hydrogens is 350 g/mol. The zero-order chi connectivity index (χ0) is 20.4. The lowest BCUT2D eigenvalue weighted by molar-refractivity contribution is -0.157. The molecule has 1 aromatic carbocycles. The van der Waals surface area contributed by atoms with E-state index in [2.05, 4.69) is 0 Å².